The Labute approximate surface area is 77.7 Å². The molecule has 2 unspecified atom stereocenters. The molecular weight excluding hydrogens is 146 g/mol. The van der Waals surface area contributed by atoms with Gasteiger partial charge in [-0.1, -0.05) is 47.5 Å². The molecule has 0 saturated heterocycles. The van der Waals surface area contributed by atoms with Crippen LogP contribution in [-0.2, 0) is 0 Å². The third kappa shape index (κ3) is 3.57. The molecule has 0 bridgehead atoms. The summed E-state index contributed by atoms with van der Waals surface area (Å²) in [6.07, 6.45) is 2.58. The highest BCUT2D eigenvalue weighted by Crippen LogP contribution is 2.33. The molecule has 2 atom stereocenters. The zero-order valence-corrected chi connectivity index (χ0v) is 9.35. The van der Waals surface area contributed by atoms with Crippen molar-refractivity contribution in [1.29, 1.82) is 0 Å². The van der Waals surface area contributed by atoms with Gasteiger partial charge in [0.05, 0.1) is 0 Å². The van der Waals surface area contributed by atoms with Gasteiger partial charge in [-0.2, -0.15) is 0 Å². The lowest BCUT2D eigenvalue weighted by atomic mass is 9.72. The Morgan fingerprint density at radius 1 is 1.25 bits per heavy atom. The molecule has 12 heavy (non-hydrogen) atoms. The predicted molar refractivity (Wildman–Crippen MR) is 56.1 cm³/mol. The standard InChI is InChI=1S/C11H25N/c1-6-7-9(2)10(8-12)11(3,4)5/h9-10H,6-8,12H2,1-5H3. The van der Waals surface area contributed by atoms with Crippen LogP contribution in [0, 0.1) is 17.3 Å². The summed E-state index contributed by atoms with van der Waals surface area (Å²) in [7, 11) is 0. The Hall–Kier alpha value is -0.0400. The summed E-state index contributed by atoms with van der Waals surface area (Å²) in [6.45, 7) is 12.3. The van der Waals surface area contributed by atoms with E-state index in [9.17, 15) is 0 Å². The van der Waals surface area contributed by atoms with Crippen LogP contribution in [0.15, 0.2) is 0 Å². The van der Waals surface area contributed by atoms with Crippen molar-refractivity contribution in [2.24, 2.45) is 23.0 Å². The van der Waals surface area contributed by atoms with Crippen molar-refractivity contribution in [3.8, 4) is 0 Å². The maximum Gasteiger partial charge on any atom is -0.00413 e. The van der Waals surface area contributed by atoms with E-state index in [-0.39, 0.29) is 0 Å². The van der Waals surface area contributed by atoms with Crippen LogP contribution in [0.3, 0.4) is 0 Å². The fourth-order valence-electron chi connectivity index (χ4n) is 2.10. The summed E-state index contributed by atoms with van der Waals surface area (Å²) >= 11 is 0. The first kappa shape index (κ1) is 12.0. The fraction of sp³-hybridized carbons (Fsp3) is 1.00. The predicted octanol–water partition coefficient (Wildman–Crippen LogP) is 3.04. The zero-order chi connectivity index (χ0) is 9.78. The van der Waals surface area contributed by atoms with Crippen molar-refractivity contribution < 1.29 is 0 Å². The van der Waals surface area contributed by atoms with Gasteiger partial charge < -0.3 is 5.73 Å². The molecule has 0 fully saturated rings. The number of nitrogens with two attached hydrogens (primary N) is 1. The van der Waals surface area contributed by atoms with Crippen LogP contribution in [0.1, 0.15) is 47.5 Å². The maximum absolute atomic E-state index is 5.79. The van der Waals surface area contributed by atoms with Crippen LogP contribution in [0.2, 0.25) is 0 Å². The van der Waals surface area contributed by atoms with E-state index in [1.165, 1.54) is 12.8 Å². The van der Waals surface area contributed by atoms with Crippen LogP contribution in [0.4, 0.5) is 0 Å². The van der Waals surface area contributed by atoms with Crippen LogP contribution < -0.4 is 5.73 Å². The Bertz CT molecular complexity index is 113. The summed E-state index contributed by atoms with van der Waals surface area (Å²) in [4.78, 5) is 0. The van der Waals surface area contributed by atoms with Gasteiger partial charge in [-0.05, 0) is 23.8 Å². The average Bonchev–Trinajstić information content (AvgIpc) is 1.85. The zero-order valence-electron chi connectivity index (χ0n) is 9.35. The minimum Gasteiger partial charge on any atom is -0.330 e. The highest BCUT2D eigenvalue weighted by molar-refractivity contribution is 4.78. The molecule has 74 valence electrons. The molecule has 0 rings (SSSR count). The van der Waals surface area contributed by atoms with Crippen molar-refractivity contribution in [3.63, 3.8) is 0 Å². The second-order valence-corrected chi connectivity index (χ2v) is 4.97. The highest BCUT2D eigenvalue weighted by Gasteiger charge is 2.27. The van der Waals surface area contributed by atoms with E-state index in [4.69, 9.17) is 5.73 Å². The fourth-order valence-corrected chi connectivity index (χ4v) is 2.10. The molecular formula is C11H25N. The largest absolute Gasteiger partial charge is 0.330 e. The Balaban J connectivity index is 4.14. The molecule has 0 aromatic carbocycles. The first-order valence-corrected chi connectivity index (χ1v) is 5.13. The summed E-state index contributed by atoms with van der Waals surface area (Å²) in [5.41, 5.74) is 6.15. The second-order valence-electron chi connectivity index (χ2n) is 4.97. The summed E-state index contributed by atoms with van der Waals surface area (Å²) in [6, 6.07) is 0. The lowest BCUT2D eigenvalue weighted by Crippen LogP contribution is -2.33. The Kier molecular flexibility index (Phi) is 4.84. The van der Waals surface area contributed by atoms with Gasteiger partial charge in [0.1, 0.15) is 0 Å². The normalized spacial score (nSPS) is 17.5. The lowest BCUT2D eigenvalue weighted by Gasteiger charge is -2.34. The van der Waals surface area contributed by atoms with E-state index >= 15 is 0 Å². The van der Waals surface area contributed by atoms with Gasteiger partial charge in [-0.3, -0.25) is 0 Å². The average molecular weight is 171 g/mol. The van der Waals surface area contributed by atoms with Crippen molar-refractivity contribution in [2.45, 2.75) is 47.5 Å². The van der Waals surface area contributed by atoms with Crippen molar-refractivity contribution in [1.82, 2.24) is 0 Å². The molecule has 0 heterocycles. The van der Waals surface area contributed by atoms with E-state index in [0.717, 1.165) is 12.5 Å². The molecule has 0 aliphatic carbocycles. The van der Waals surface area contributed by atoms with Crippen LogP contribution in [-0.4, -0.2) is 6.54 Å². The number of hydrogen-bond acceptors (Lipinski definition) is 1. The summed E-state index contributed by atoms with van der Waals surface area (Å²) < 4.78 is 0. The summed E-state index contributed by atoms with van der Waals surface area (Å²) in [5.74, 6) is 1.43. The molecule has 0 radical (unpaired) electrons. The van der Waals surface area contributed by atoms with Gasteiger partial charge in [0.25, 0.3) is 0 Å². The first-order valence-electron chi connectivity index (χ1n) is 5.13. The van der Waals surface area contributed by atoms with Gasteiger partial charge in [0.2, 0.25) is 0 Å². The molecule has 1 heteroatoms. The van der Waals surface area contributed by atoms with Crippen LogP contribution >= 0.6 is 0 Å². The van der Waals surface area contributed by atoms with E-state index < -0.39 is 0 Å². The van der Waals surface area contributed by atoms with E-state index in [1.54, 1.807) is 0 Å². The SMILES string of the molecule is CCCC(C)C(CN)C(C)(C)C. The first-order chi connectivity index (χ1) is 5.43. The molecule has 0 spiro atoms. The Morgan fingerprint density at radius 2 is 1.75 bits per heavy atom. The third-order valence-electron chi connectivity index (χ3n) is 2.80. The Morgan fingerprint density at radius 3 is 2.00 bits per heavy atom. The molecule has 0 aromatic rings. The topological polar surface area (TPSA) is 26.0 Å². The molecule has 2 N–H and O–H groups in total. The van der Waals surface area contributed by atoms with Crippen molar-refractivity contribution in [3.05, 3.63) is 0 Å². The minimum atomic E-state index is 0.364. The highest BCUT2D eigenvalue weighted by atomic mass is 14.6. The van der Waals surface area contributed by atoms with E-state index in [2.05, 4.69) is 34.6 Å². The smallest absolute Gasteiger partial charge is 0.00413 e. The van der Waals surface area contributed by atoms with Gasteiger partial charge in [-0.25, -0.2) is 0 Å². The quantitative estimate of drug-likeness (QED) is 0.691. The molecule has 0 amide bonds. The van der Waals surface area contributed by atoms with E-state index in [0.29, 0.717) is 11.3 Å². The van der Waals surface area contributed by atoms with Gasteiger partial charge in [0, 0.05) is 0 Å². The van der Waals surface area contributed by atoms with Crippen LogP contribution in [0.5, 0.6) is 0 Å². The second kappa shape index (κ2) is 4.86. The van der Waals surface area contributed by atoms with Gasteiger partial charge in [0.15, 0.2) is 0 Å². The number of hydrogen-bond donors (Lipinski definition) is 1. The minimum absolute atomic E-state index is 0.364. The van der Waals surface area contributed by atoms with Crippen molar-refractivity contribution >= 4 is 0 Å². The molecule has 0 aliphatic rings. The maximum atomic E-state index is 5.79. The molecule has 0 aliphatic heterocycles. The van der Waals surface area contributed by atoms with Gasteiger partial charge in [-0.15, -0.1) is 0 Å². The van der Waals surface area contributed by atoms with Crippen LogP contribution in [0.25, 0.3) is 0 Å². The van der Waals surface area contributed by atoms with Crippen molar-refractivity contribution in [2.75, 3.05) is 6.54 Å². The third-order valence-corrected chi connectivity index (χ3v) is 2.80. The molecule has 0 saturated carbocycles. The number of rotatable bonds is 4. The summed E-state index contributed by atoms with van der Waals surface area (Å²) in [5, 5.41) is 0. The molecule has 1 nitrogen and oxygen atoms in total. The van der Waals surface area contributed by atoms with E-state index in [1.807, 2.05) is 0 Å². The lowest BCUT2D eigenvalue weighted by molar-refractivity contribution is 0.167. The molecule has 0 aromatic heterocycles. The van der Waals surface area contributed by atoms with Gasteiger partial charge >= 0.3 is 0 Å². The monoisotopic (exact) mass is 171 g/mol.